The van der Waals surface area contributed by atoms with Crippen LogP contribution in [0.1, 0.15) is 33.9 Å². The maximum Gasteiger partial charge on any atom is 0.251 e. The van der Waals surface area contributed by atoms with E-state index in [0.29, 0.717) is 19.5 Å². The van der Waals surface area contributed by atoms with Crippen molar-refractivity contribution < 1.29 is 14.0 Å². The van der Waals surface area contributed by atoms with E-state index in [4.69, 9.17) is 5.73 Å². The van der Waals surface area contributed by atoms with Gasteiger partial charge in [0.1, 0.15) is 11.9 Å². The van der Waals surface area contributed by atoms with Gasteiger partial charge in [0.15, 0.2) is 0 Å². The van der Waals surface area contributed by atoms with Gasteiger partial charge in [-0.3, -0.25) is 9.59 Å². The number of nitrogens with one attached hydrogen (secondary N) is 2. The zero-order valence-corrected chi connectivity index (χ0v) is 15.3. The summed E-state index contributed by atoms with van der Waals surface area (Å²) in [6, 6.07) is 12.2. The van der Waals surface area contributed by atoms with Crippen molar-refractivity contribution in [3.05, 3.63) is 71.0 Å². The molecule has 0 aliphatic rings. The van der Waals surface area contributed by atoms with Gasteiger partial charge in [-0.05, 0) is 37.1 Å². The lowest BCUT2D eigenvalue weighted by Gasteiger charge is -2.13. The molecule has 0 saturated carbocycles. The van der Waals surface area contributed by atoms with Crippen molar-refractivity contribution in [2.45, 2.75) is 19.4 Å². The number of carbonyl (C=O) groups is 2. The molecular weight excluding hydrogens is 357 g/mol. The molecule has 1 atom stereocenters. The van der Waals surface area contributed by atoms with E-state index in [-0.39, 0.29) is 29.8 Å². The van der Waals surface area contributed by atoms with E-state index in [2.05, 4.69) is 10.6 Å². The molecule has 0 aliphatic heterocycles. The molecule has 0 aromatic heterocycles. The van der Waals surface area contributed by atoms with Crippen LogP contribution >= 0.6 is 12.4 Å². The molecule has 0 heterocycles. The molecule has 0 spiro atoms. The van der Waals surface area contributed by atoms with E-state index in [9.17, 15) is 14.0 Å². The van der Waals surface area contributed by atoms with Crippen LogP contribution in [0.5, 0.6) is 0 Å². The Bertz CT molecular complexity index is 738. The Balaban J connectivity index is 0.00000338. The third kappa shape index (κ3) is 6.46. The summed E-state index contributed by atoms with van der Waals surface area (Å²) in [6.07, 6.45) is 0.549. The molecule has 2 aromatic carbocycles. The molecule has 0 aliphatic carbocycles. The number of nitrogens with two attached hydrogens (primary N) is 1. The van der Waals surface area contributed by atoms with Gasteiger partial charge in [0.25, 0.3) is 5.91 Å². The fourth-order valence-corrected chi connectivity index (χ4v) is 2.27. The lowest BCUT2D eigenvalue weighted by atomic mass is 10.1. The fraction of sp³-hybridized carbons (Fsp3) is 0.263. The average molecular weight is 380 g/mol. The Morgan fingerprint density at radius 1 is 1.08 bits per heavy atom. The summed E-state index contributed by atoms with van der Waals surface area (Å²) < 4.78 is 13.1. The normalized spacial score (nSPS) is 11.2. The Hall–Kier alpha value is -2.44. The van der Waals surface area contributed by atoms with Gasteiger partial charge in [-0.25, -0.2) is 4.39 Å². The van der Waals surface area contributed by atoms with E-state index in [1.807, 2.05) is 31.2 Å². The standard InChI is InChI=1S/C19H22FN3O2.ClH/c1-13-6-8-14(9-7-13)17(21)19(25)23-11-3-10-22-18(24)15-4-2-5-16(20)12-15;/h2,4-9,12,17H,3,10-11,21H2,1H3,(H,22,24)(H,23,25);1H. The van der Waals surface area contributed by atoms with E-state index in [0.717, 1.165) is 11.1 Å². The molecule has 2 amide bonds. The molecular formula is C19H23ClFN3O2. The predicted octanol–water partition coefficient (Wildman–Crippen LogP) is 2.49. The van der Waals surface area contributed by atoms with Crippen molar-refractivity contribution in [1.29, 1.82) is 0 Å². The SMILES string of the molecule is Cc1ccc(C(N)C(=O)NCCCNC(=O)c2cccc(F)c2)cc1.Cl. The Morgan fingerprint density at radius 3 is 2.38 bits per heavy atom. The minimum atomic E-state index is -0.720. The highest BCUT2D eigenvalue weighted by Gasteiger charge is 2.14. The number of amides is 2. The molecule has 5 nitrogen and oxygen atoms in total. The fourth-order valence-electron chi connectivity index (χ4n) is 2.27. The summed E-state index contributed by atoms with van der Waals surface area (Å²) in [4.78, 5) is 23.8. The predicted molar refractivity (Wildman–Crippen MR) is 102 cm³/mol. The number of benzene rings is 2. The zero-order chi connectivity index (χ0) is 18.2. The number of rotatable bonds is 7. The third-order valence-corrected chi connectivity index (χ3v) is 3.74. The molecule has 0 radical (unpaired) electrons. The van der Waals surface area contributed by atoms with Gasteiger partial charge in [-0.1, -0.05) is 35.9 Å². The van der Waals surface area contributed by atoms with E-state index >= 15 is 0 Å². The summed E-state index contributed by atoms with van der Waals surface area (Å²) in [7, 11) is 0. The smallest absolute Gasteiger partial charge is 0.251 e. The molecule has 4 N–H and O–H groups in total. The van der Waals surface area contributed by atoms with Gasteiger partial charge in [0.05, 0.1) is 0 Å². The molecule has 0 fully saturated rings. The molecule has 0 bridgehead atoms. The molecule has 1 unspecified atom stereocenters. The van der Waals surface area contributed by atoms with Gasteiger partial charge in [0.2, 0.25) is 5.91 Å². The van der Waals surface area contributed by atoms with Crippen LogP contribution < -0.4 is 16.4 Å². The van der Waals surface area contributed by atoms with Crippen molar-refractivity contribution in [2.75, 3.05) is 13.1 Å². The highest BCUT2D eigenvalue weighted by molar-refractivity contribution is 5.94. The number of halogens is 2. The first-order valence-corrected chi connectivity index (χ1v) is 8.11. The Labute approximate surface area is 158 Å². The quantitative estimate of drug-likeness (QED) is 0.646. The first kappa shape index (κ1) is 21.6. The summed E-state index contributed by atoms with van der Waals surface area (Å²) in [6.45, 7) is 2.73. The second kappa shape index (κ2) is 10.5. The van der Waals surface area contributed by atoms with Crippen LogP contribution in [0.15, 0.2) is 48.5 Å². The van der Waals surface area contributed by atoms with Crippen LogP contribution in [0, 0.1) is 12.7 Å². The van der Waals surface area contributed by atoms with Crippen molar-refractivity contribution in [3.63, 3.8) is 0 Å². The van der Waals surface area contributed by atoms with Crippen molar-refractivity contribution >= 4 is 24.2 Å². The van der Waals surface area contributed by atoms with Crippen LogP contribution in [-0.4, -0.2) is 24.9 Å². The number of hydrogen-bond donors (Lipinski definition) is 3. The average Bonchev–Trinajstić information content (AvgIpc) is 2.61. The highest BCUT2D eigenvalue weighted by Crippen LogP contribution is 2.11. The number of aryl methyl sites for hydroxylation is 1. The monoisotopic (exact) mass is 379 g/mol. The van der Waals surface area contributed by atoms with Gasteiger partial charge < -0.3 is 16.4 Å². The molecule has 7 heteroatoms. The van der Waals surface area contributed by atoms with Gasteiger partial charge in [-0.2, -0.15) is 0 Å². The minimum Gasteiger partial charge on any atom is -0.354 e. The topological polar surface area (TPSA) is 84.2 Å². The third-order valence-electron chi connectivity index (χ3n) is 3.74. The Morgan fingerprint density at radius 2 is 1.73 bits per heavy atom. The van der Waals surface area contributed by atoms with Crippen molar-refractivity contribution in [3.8, 4) is 0 Å². The maximum absolute atomic E-state index is 13.1. The maximum atomic E-state index is 13.1. The largest absolute Gasteiger partial charge is 0.354 e. The lowest BCUT2D eigenvalue weighted by molar-refractivity contribution is -0.122. The van der Waals surface area contributed by atoms with Crippen LogP contribution in [-0.2, 0) is 4.79 Å². The Kier molecular flexibility index (Phi) is 8.75. The molecule has 26 heavy (non-hydrogen) atoms. The highest BCUT2D eigenvalue weighted by atomic mass is 35.5. The summed E-state index contributed by atoms with van der Waals surface area (Å²) in [5.41, 5.74) is 8.05. The van der Waals surface area contributed by atoms with Crippen molar-refractivity contribution in [1.82, 2.24) is 10.6 Å². The lowest BCUT2D eigenvalue weighted by Crippen LogP contribution is -2.36. The summed E-state index contributed by atoms with van der Waals surface area (Å²) in [5.74, 6) is -1.06. The van der Waals surface area contributed by atoms with Gasteiger partial charge in [-0.15, -0.1) is 12.4 Å². The second-order valence-electron chi connectivity index (χ2n) is 5.80. The van der Waals surface area contributed by atoms with Crippen LogP contribution in [0.25, 0.3) is 0 Å². The number of hydrogen-bond acceptors (Lipinski definition) is 3. The summed E-state index contributed by atoms with van der Waals surface area (Å²) >= 11 is 0. The van der Waals surface area contributed by atoms with Gasteiger partial charge >= 0.3 is 0 Å². The van der Waals surface area contributed by atoms with E-state index in [1.165, 1.54) is 18.2 Å². The first-order chi connectivity index (χ1) is 12.0. The minimum absolute atomic E-state index is 0. The van der Waals surface area contributed by atoms with E-state index in [1.54, 1.807) is 6.07 Å². The van der Waals surface area contributed by atoms with E-state index < -0.39 is 11.9 Å². The molecule has 2 aromatic rings. The van der Waals surface area contributed by atoms with Crippen LogP contribution in [0.3, 0.4) is 0 Å². The van der Waals surface area contributed by atoms with Crippen LogP contribution in [0.2, 0.25) is 0 Å². The molecule has 2 rings (SSSR count). The van der Waals surface area contributed by atoms with Crippen LogP contribution in [0.4, 0.5) is 4.39 Å². The molecule has 140 valence electrons. The van der Waals surface area contributed by atoms with Gasteiger partial charge in [0, 0.05) is 18.7 Å². The first-order valence-electron chi connectivity index (χ1n) is 8.11. The number of carbonyl (C=O) groups excluding carboxylic acids is 2. The molecule has 0 saturated heterocycles. The van der Waals surface area contributed by atoms with Crippen molar-refractivity contribution in [2.24, 2.45) is 5.73 Å². The zero-order valence-electron chi connectivity index (χ0n) is 14.5. The summed E-state index contributed by atoms with van der Waals surface area (Å²) in [5, 5.41) is 5.42. The second-order valence-corrected chi connectivity index (χ2v) is 5.80.